The van der Waals surface area contributed by atoms with Crippen LogP contribution in [0.3, 0.4) is 0 Å². The molecule has 1 rings (SSSR count). The lowest BCUT2D eigenvalue weighted by Crippen LogP contribution is -2.20. The molecule has 0 radical (unpaired) electrons. The third-order valence-electron chi connectivity index (χ3n) is 1.85. The minimum Gasteiger partial charge on any atom is -0.274 e. The fourth-order valence-electron chi connectivity index (χ4n) is 1.12. The molecule has 1 atom stereocenters. The van der Waals surface area contributed by atoms with Crippen LogP contribution in [-0.4, -0.2) is 22.6 Å². The first-order chi connectivity index (χ1) is 5.75. The molecule has 1 aliphatic rings. The average molecular weight is 187 g/mol. The highest BCUT2D eigenvalue weighted by Crippen LogP contribution is 2.27. The van der Waals surface area contributed by atoms with Crippen molar-refractivity contribution in [1.29, 1.82) is 0 Å². The lowest BCUT2D eigenvalue weighted by atomic mass is 10.4. The van der Waals surface area contributed by atoms with E-state index in [1.807, 2.05) is 0 Å². The van der Waals surface area contributed by atoms with Crippen LogP contribution >= 0.6 is 8.73 Å². The molecule has 1 saturated heterocycles. The Morgan fingerprint density at radius 1 is 1.33 bits per heavy atom. The number of rotatable bonds is 4. The summed E-state index contributed by atoms with van der Waals surface area (Å²) in [6, 6.07) is 0. The molecule has 0 aromatic carbocycles. The summed E-state index contributed by atoms with van der Waals surface area (Å²) in [6.07, 6.45) is 4.07. The molecule has 1 aliphatic heterocycles. The van der Waals surface area contributed by atoms with Crippen molar-refractivity contribution in [1.82, 2.24) is 4.67 Å². The summed E-state index contributed by atoms with van der Waals surface area (Å²) >= 11 is 0. The van der Waals surface area contributed by atoms with E-state index in [2.05, 4.69) is 6.92 Å². The largest absolute Gasteiger partial charge is 0.274 e. The molecule has 3 nitrogen and oxygen atoms in total. The van der Waals surface area contributed by atoms with Gasteiger partial charge < -0.3 is 0 Å². The lowest BCUT2D eigenvalue weighted by molar-refractivity contribution is -0.132. The summed E-state index contributed by atoms with van der Waals surface area (Å²) in [7, 11) is 0.388. The Morgan fingerprint density at radius 2 is 1.92 bits per heavy atom. The Balaban J connectivity index is 2.30. The molecule has 2 amide bonds. The molecule has 0 aromatic rings. The molecule has 0 bridgehead atoms. The van der Waals surface area contributed by atoms with Gasteiger partial charge in [-0.25, -0.2) is 0 Å². The zero-order chi connectivity index (χ0) is 8.97. The van der Waals surface area contributed by atoms with Crippen molar-refractivity contribution < 1.29 is 9.59 Å². The molecule has 0 aromatic heterocycles. The third kappa shape index (κ3) is 2.28. The fourth-order valence-corrected chi connectivity index (χ4v) is 2.43. The Kier molecular flexibility index (Phi) is 3.67. The fraction of sp³-hybridized carbons (Fsp3) is 0.750. The van der Waals surface area contributed by atoms with Crippen molar-refractivity contribution in [3.63, 3.8) is 0 Å². The van der Waals surface area contributed by atoms with Crippen molar-refractivity contribution in [3.8, 4) is 0 Å². The molecule has 1 fully saturated rings. The number of hydrogen-bond donors (Lipinski definition) is 0. The topological polar surface area (TPSA) is 37.4 Å². The second-order valence-corrected chi connectivity index (χ2v) is 4.15. The van der Waals surface area contributed by atoms with E-state index in [-0.39, 0.29) is 11.8 Å². The molecule has 1 heterocycles. The SMILES string of the molecule is CCCCPN1C(=O)CCC1=O. The number of unbranched alkanes of at least 4 members (excludes halogenated alkanes) is 1. The molecular weight excluding hydrogens is 173 g/mol. The molecule has 0 N–H and O–H groups in total. The molecule has 0 spiro atoms. The van der Waals surface area contributed by atoms with Crippen LogP contribution in [0, 0.1) is 0 Å². The van der Waals surface area contributed by atoms with Crippen LogP contribution in [0.2, 0.25) is 0 Å². The number of hydrogen-bond acceptors (Lipinski definition) is 2. The van der Waals surface area contributed by atoms with Gasteiger partial charge in [-0.05, 0) is 21.3 Å². The highest BCUT2D eigenvalue weighted by Gasteiger charge is 2.27. The van der Waals surface area contributed by atoms with E-state index in [1.54, 1.807) is 0 Å². The van der Waals surface area contributed by atoms with E-state index in [1.165, 1.54) is 4.67 Å². The Hall–Kier alpha value is -0.430. The predicted molar refractivity (Wildman–Crippen MR) is 49.2 cm³/mol. The summed E-state index contributed by atoms with van der Waals surface area (Å²) < 4.78 is 1.43. The van der Waals surface area contributed by atoms with Gasteiger partial charge in [0.25, 0.3) is 0 Å². The van der Waals surface area contributed by atoms with Crippen LogP contribution in [0.4, 0.5) is 0 Å². The molecule has 12 heavy (non-hydrogen) atoms. The van der Waals surface area contributed by atoms with Crippen molar-refractivity contribution in [2.45, 2.75) is 32.6 Å². The van der Waals surface area contributed by atoms with Crippen molar-refractivity contribution in [3.05, 3.63) is 0 Å². The van der Waals surface area contributed by atoms with Crippen LogP contribution in [0.5, 0.6) is 0 Å². The number of nitrogens with zero attached hydrogens (tertiary/aromatic N) is 1. The van der Waals surface area contributed by atoms with E-state index < -0.39 is 0 Å². The van der Waals surface area contributed by atoms with Crippen molar-refractivity contribution in [2.24, 2.45) is 0 Å². The van der Waals surface area contributed by atoms with Gasteiger partial charge in [-0.15, -0.1) is 0 Å². The predicted octanol–water partition coefficient (Wildman–Crippen LogP) is 1.53. The summed E-state index contributed by atoms with van der Waals surface area (Å²) in [5.41, 5.74) is 0. The zero-order valence-corrected chi connectivity index (χ0v) is 8.30. The maximum atomic E-state index is 11.1. The number of imide groups is 1. The zero-order valence-electron chi connectivity index (χ0n) is 7.30. The first-order valence-corrected chi connectivity index (χ1v) is 5.50. The van der Waals surface area contributed by atoms with Gasteiger partial charge in [-0.3, -0.25) is 14.3 Å². The van der Waals surface area contributed by atoms with Crippen molar-refractivity contribution in [2.75, 3.05) is 6.16 Å². The Morgan fingerprint density at radius 3 is 2.42 bits per heavy atom. The lowest BCUT2D eigenvalue weighted by Gasteiger charge is -2.12. The van der Waals surface area contributed by atoms with E-state index in [4.69, 9.17) is 0 Å². The third-order valence-corrected chi connectivity index (χ3v) is 3.24. The summed E-state index contributed by atoms with van der Waals surface area (Å²) in [5, 5.41) is 0. The summed E-state index contributed by atoms with van der Waals surface area (Å²) in [5.74, 6) is 0.0453. The minimum absolute atomic E-state index is 0.0226. The van der Waals surface area contributed by atoms with Gasteiger partial charge >= 0.3 is 0 Å². The van der Waals surface area contributed by atoms with Crippen LogP contribution in [0.1, 0.15) is 32.6 Å². The van der Waals surface area contributed by atoms with Gasteiger partial charge in [-0.2, -0.15) is 0 Å². The normalized spacial score (nSPS) is 18.6. The minimum atomic E-state index is 0.0226. The van der Waals surface area contributed by atoms with Gasteiger partial charge in [0.05, 0.1) is 0 Å². The number of amides is 2. The maximum absolute atomic E-state index is 11.1. The highest BCUT2D eigenvalue weighted by atomic mass is 31.1. The highest BCUT2D eigenvalue weighted by molar-refractivity contribution is 7.37. The van der Waals surface area contributed by atoms with Gasteiger partial charge in [0, 0.05) is 12.8 Å². The first kappa shape index (κ1) is 9.66. The molecule has 1 unspecified atom stereocenters. The molecule has 0 saturated carbocycles. The quantitative estimate of drug-likeness (QED) is 0.380. The summed E-state index contributed by atoms with van der Waals surface area (Å²) in [4.78, 5) is 22.2. The van der Waals surface area contributed by atoms with Gasteiger partial charge in [-0.1, -0.05) is 13.3 Å². The smallest absolute Gasteiger partial charge is 0.232 e. The first-order valence-electron chi connectivity index (χ1n) is 4.35. The van der Waals surface area contributed by atoms with E-state index >= 15 is 0 Å². The molecule has 0 aliphatic carbocycles. The summed E-state index contributed by atoms with van der Waals surface area (Å²) in [6.45, 7) is 2.11. The maximum Gasteiger partial charge on any atom is 0.232 e. The van der Waals surface area contributed by atoms with E-state index in [0.717, 1.165) is 19.0 Å². The number of carbonyl (C=O) groups is 2. The van der Waals surface area contributed by atoms with E-state index in [9.17, 15) is 9.59 Å². The van der Waals surface area contributed by atoms with E-state index in [0.29, 0.717) is 21.6 Å². The van der Waals surface area contributed by atoms with Crippen LogP contribution in [0.15, 0.2) is 0 Å². The van der Waals surface area contributed by atoms with Crippen LogP contribution < -0.4 is 0 Å². The van der Waals surface area contributed by atoms with Gasteiger partial charge in [0.1, 0.15) is 0 Å². The van der Waals surface area contributed by atoms with Crippen LogP contribution in [0.25, 0.3) is 0 Å². The monoisotopic (exact) mass is 187 g/mol. The molecule has 68 valence electrons. The standard InChI is InChI=1S/C8H14NO2P/c1-2-3-6-12-9-7(10)4-5-8(9)11/h12H,2-6H2,1H3. The average Bonchev–Trinajstić information content (AvgIpc) is 2.35. The second kappa shape index (κ2) is 4.56. The van der Waals surface area contributed by atoms with Crippen LogP contribution in [-0.2, 0) is 9.59 Å². The molecule has 4 heteroatoms. The van der Waals surface area contributed by atoms with Crippen molar-refractivity contribution >= 4 is 20.5 Å². The van der Waals surface area contributed by atoms with Gasteiger partial charge in [0.15, 0.2) is 0 Å². The Labute approximate surface area is 74.3 Å². The number of carbonyl (C=O) groups excluding carboxylic acids is 2. The van der Waals surface area contributed by atoms with Gasteiger partial charge in [0.2, 0.25) is 11.8 Å². The second-order valence-electron chi connectivity index (χ2n) is 2.88. The molecular formula is C8H14NO2P. The Bertz CT molecular complexity index is 177.